The largest absolute Gasteiger partial charge is 0.472 e. The number of rotatable bonds is 78. The molecule has 0 fully saturated rings. The highest BCUT2D eigenvalue weighted by atomic mass is 31.2. The minimum absolute atomic E-state index is 0.107. The number of hydrogen-bond acceptors (Lipinski definition) is 15. The van der Waals surface area contributed by atoms with Crippen molar-refractivity contribution in [3.63, 3.8) is 0 Å². The second kappa shape index (κ2) is 70.7. The molecule has 0 aromatic heterocycles. The summed E-state index contributed by atoms with van der Waals surface area (Å²) in [6, 6.07) is 0. The molecule has 0 bridgehead atoms. The summed E-state index contributed by atoms with van der Waals surface area (Å²) in [7, 11) is -9.91. The van der Waals surface area contributed by atoms with Gasteiger partial charge in [0.2, 0.25) is 0 Å². The second-order valence-corrected chi connectivity index (χ2v) is 32.3. The Balaban J connectivity index is 5.21. The van der Waals surface area contributed by atoms with Gasteiger partial charge in [-0.2, -0.15) is 0 Å². The standard InChI is InChI=1S/C79H154O17P2/c1-7-9-11-13-15-17-19-21-26-30-34-37-43-49-55-61-76(81)89-67-74(95-79(84)64-58-52-45-39-35-31-28-25-23-22-24-27-29-32-36-41-47-53-59-71(3)4)69-93-97(85,86)91-65-73(80)66-92-98(87,88)94-70-75(68-90-77(82)62-56-50-46-40-42-48-54-60-72(5)6)96-78(83)63-57-51-44-38-33-20-18-16-14-12-10-8-2/h71-75,80H,7-70H2,1-6H3,(H,85,86)(H,87,88)/t73-,74-,75-/m1/s1. The zero-order chi connectivity index (χ0) is 72.1. The highest BCUT2D eigenvalue weighted by Gasteiger charge is 2.30. The SMILES string of the molecule is CCCCCCCCCCCCCCCCCC(=O)OC[C@H](COP(=O)(O)OC[C@@H](O)COP(=O)(O)OC[C@@H](COC(=O)CCCCCCCCCC(C)C)OC(=O)CCCCCCCCCCCCCC)OC(=O)CCCCCCCCCCCCCCCCCCCCC(C)C. The van der Waals surface area contributed by atoms with Gasteiger partial charge in [-0.1, -0.05) is 363 Å². The van der Waals surface area contributed by atoms with Crippen LogP contribution in [0.5, 0.6) is 0 Å². The molecule has 0 aromatic rings. The number of phosphoric ester groups is 2. The Morgan fingerprint density at radius 3 is 0.694 bits per heavy atom. The average Bonchev–Trinajstić information content (AvgIpc) is 1.53. The zero-order valence-electron chi connectivity index (χ0n) is 64.1. The second-order valence-electron chi connectivity index (χ2n) is 29.4. The Hall–Kier alpha value is -1.94. The number of aliphatic hydroxyl groups is 1. The van der Waals surface area contributed by atoms with Crippen LogP contribution in [0.25, 0.3) is 0 Å². The van der Waals surface area contributed by atoms with Gasteiger partial charge in [0.15, 0.2) is 12.2 Å². The van der Waals surface area contributed by atoms with Crippen LogP contribution < -0.4 is 0 Å². The summed E-state index contributed by atoms with van der Waals surface area (Å²) >= 11 is 0. The van der Waals surface area contributed by atoms with Gasteiger partial charge in [-0.25, -0.2) is 9.13 Å². The van der Waals surface area contributed by atoms with E-state index in [9.17, 15) is 43.2 Å². The molecule has 0 radical (unpaired) electrons. The first-order valence-electron chi connectivity index (χ1n) is 41.0. The van der Waals surface area contributed by atoms with Crippen molar-refractivity contribution < 1.29 is 80.2 Å². The van der Waals surface area contributed by atoms with Crippen LogP contribution in [-0.2, 0) is 65.4 Å². The fourth-order valence-electron chi connectivity index (χ4n) is 12.2. The number of phosphoric acid groups is 2. The van der Waals surface area contributed by atoms with Gasteiger partial charge < -0.3 is 33.8 Å². The highest BCUT2D eigenvalue weighted by molar-refractivity contribution is 7.47. The van der Waals surface area contributed by atoms with Crippen LogP contribution in [0.4, 0.5) is 0 Å². The number of ether oxygens (including phenoxy) is 4. The van der Waals surface area contributed by atoms with Gasteiger partial charge in [0.1, 0.15) is 19.3 Å². The molecule has 582 valence electrons. The zero-order valence-corrected chi connectivity index (χ0v) is 65.9. The van der Waals surface area contributed by atoms with E-state index in [0.29, 0.717) is 31.6 Å². The van der Waals surface area contributed by atoms with Crippen molar-refractivity contribution in [3.8, 4) is 0 Å². The molecule has 0 aliphatic heterocycles. The van der Waals surface area contributed by atoms with E-state index in [0.717, 1.165) is 102 Å². The molecule has 0 rings (SSSR count). The van der Waals surface area contributed by atoms with Crippen LogP contribution in [0.1, 0.15) is 414 Å². The van der Waals surface area contributed by atoms with E-state index in [1.54, 1.807) is 0 Å². The number of aliphatic hydroxyl groups excluding tert-OH is 1. The van der Waals surface area contributed by atoms with Gasteiger partial charge in [-0.15, -0.1) is 0 Å². The lowest BCUT2D eigenvalue weighted by atomic mass is 10.0. The Labute approximate surface area is 600 Å². The van der Waals surface area contributed by atoms with Gasteiger partial charge in [0.05, 0.1) is 26.4 Å². The molecule has 19 heteroatoms. The maximum atomic E-state index is 13.1. The molecule has 0 spiro atoms. The molecule has 0 aliphatic carbocycles. The van der Waals surface area contributed by atoms with Crippen LogP contribution >= 0.6 is 15.6 Å². The number of esters is 4. The minimum atomic E-state index is -4.96. The molecule has 5 atom stereocenters. The monoisotopic (exact) mass is 1440 g/mol. The van der Waals surface area contributed by atoms with Gasteiger partial charge in [0, 0.05) is 25.7 Å². The summed E-state index contributed by atoms with van der Waals surface area (Å²) in [5.41, 5.74) is 0. The molecular weight excluding hydrogens is 1280 g/mol. The predicted octanol–water partition coefficient (Wildman–Crippen LogP) is 23.5. The van der Waals surface area contributed by atoms with Crippen LogP contribution in [0.2, 0.25) is 0 Å². The molecule has 98 heavy (non-hydrogen) atoms. The Morgan fingerprint density at radius 2 is 0.469 bits per heavy atom. The molecular formula is C79H154O17P2. The summed E-state index contributed by atoms with van der Waals surface area (Å²) in [5, 5.41) is 10.6. The first-order chi connectivity index (χ1) is 47.4. The smallest absolute Gasteiger partial charge is 0.462 e. The van der Waals surface area contributed by atoms with Crippen molar-refractivity contribution >= 4 is 39.5 Å². The Bertz CT molecular complexity index is 1890. The maximum Gasteiger partial charge on any atom is 0.472 e. The average molecular weight is 1440 g/mol. The Kier molecular flexibility index (Phi) is 69.3. The molecule has 0 saturated carbocycles. The van der Waals surface area contributed by atoms with E-state index >= 15 is 0 Å². The maximum absolute atomic E-state index is 13.1. The van der Waals surface area contributed by atoms with Crippen LogP contribution in [0.3, 0.4) is 0 Å². The lowest BCUT2D eigenvalue weighted by molar-refractivity contribution is -0.161. The summed E-state index contributed by atoms with van der Waals surface area (Å²) in [6.07, 6.45) is 59.7. The molecule has 0 saturated heterocycles. The van der Waals surface area contributed by atoms with E-state index in [-0.39, 0.29) is 25.7 Å². The van der Waals surface area contributed by atoms with E-state index in [2.05, 4.69) is 41.5 Å². The van der Waals surface area contributed by atoms with Crippen molar-refractivity contribution in [3.05, 3.63) is 0 Å². The lowest BCUT2D eigenvalue weighted by Crippen LogP contribution is -2.30. The first kappa shape index (κ1) is 96.1. The molecule has 2 unspecified atom stereocenters. The van der Waals surface area contributed by atoms with E-state index in [4.69, 9.17) is 37.0 Å². The summed E-state index contributed by atoms with van der Waals surface area (Å²) in [5.74, 6) is -0.585. The number of carbonyl (C=O) groups is 4. The predicted molar refractivity (Wildman–Crippen MR) is 400 cm³/mol. The van der Waals surface area contributed by atoms with Crippen molar-refractivity contribution in [1.82, 2.24) is 0 Å². The van der Waals surface area contributed by atoms with Crippen molar-refractivity contribution in [1.29, 1.82) is 0 Å². The summed E-state index contributed by atoms with van der Waals surface area (Å²) < 4.78 is 68.6. The van der Waals surface area contributed by atoms with E-state index in [1.807, 2.05) is 0 Å². The molecule has 0 amide bonds. The van der Waals surface area contributed by atoms with Gasteiger partial charge in [-0.3, -0.25) is 37.3 Å². The number of unbranched alkanes of at least 4 members (excludes halogenated alkanes) is 48. The van der Waals surface area contributed by atoms with Crippen LogP contribution in [0, 0.1) is 11.8 Å². The third kappa shape index (κ3) is 72.4. The topological polar surface area (TPSA) is 237 Å². The minimum Gasteiger partial charge on any atom is -0.462 e. The molecule has 17 nitrogen and oxygen atoms in total. The molecule has 0 aromatic carbocycles. The molecule has 0 heterocycles. The van der Waals surface area contributed by atoms with Gasteiger partial charge >= 0.3 is 39.5 Å². The summed E-state index contributed by atoms with van der Waals surface area (Å²) in [4.78, 5) is 72.9. The third-order valence-corrected chi connectivity index (χ3v) is 20.4. The lowest BCUT2D eigenvalue weighted by Gasteiger charge is -2.21. The van der Waals surface area contributed by atoms with Crippen LogP contribution in [0.15, 0.2) is 0 Å². The number of carbonyl (C=O) groups excluding carboxylic acids is 4. The van der Waals surface area contributed by atoms with Gasteiger partial charge in [0.25, 0.3) is 0 Å². The molecule has 3 N–H and O–H groups in total. The van der Waals surface area contributed by atoms with Crippen molar-refractivity contribution in [2.45, 2.75) is 432 Å². The fourth-order valence-corrected chi connectivity index (χ4v) is 13.8. The normalized spacial score (nSPS) is 13.9. The number of hydrogen-bond donors (Lipinski definition) is 3. The van der Waals surface area contributed by atoms with Crippen molar-refractivity contribution in [2.24, 2.45) is 11.8 Å². The van der Waals surface area contributed by atoms with Crippen LogP contribution in [-0.4, -0.2) is 96.7 Å². The quantitative estimate of drug-likeness (QED) is 0.0222. The third-order valence-electron chi connectivity index (χ3n) is 18.5. The van der Waals surface area contributed by atoms with E-state index in [1.165, 1.54) is 225 Å². The first-order valence-corrected chi connectivity index (χ1v) is 44.0. The van der Waals surface area contributed by atoms with Gasteiger partial charge in [-0.05, 0) is 37.5 Å². The highest BCUT2D eigenvalue weighted by Crippen LogP contribution is 2.45. The molecule has 0 aliphatic rings. The van der Waals surface area contributed by atoms with E-state index < -0.39 is 97.5 Å². The summed E-state index contributed by atoms with van der Waals surface area (Å²) in [6.45, 7) is 9.60. The fraction of sp³-hybridized carbons (Fsp3) is 0.949. The Morgan fingerprint density at radius 1 is 0.276 bits per heavy atom. The van der Waals surface area contributed by atoms with Crippen molar-refractivity contribution in [2.75, 3.05) is 39.6 Å².